The number of rotatable bonds is 7. The maximum Gasteiger partial charge on any atom is 0.292 e. The van der Waals surface area contributed by atoms with E-state index in [9.17, 15) is 9.59 Å². The molecule has 9 nitrogen and oxygen atoms in total. The fraction of sp³-hybridized carbons (Fsp3) is 0.292. The number of methoxy groups -OCH3 is 2. The fourth-order valence-electron chi connectivity index (χ4n) is 3.84. The molecule has 0 unspecified atom stereocenters. The third-order valence-electron chi connectivity index (χ3n) is 5.66. The number of hydrogen-bond acceptors (Lipinski definition) is 7. The van der Waals surface area contributed by atoms with Crippen molar-refractivity contribution in [1.82, 2.24) is 14.7 Å². The second-order valence-corrected chi connectivity index (χ2v) is 8.15. The van der Waals surface area contributed by atoms with Gasteiger partial charge in [-0.2, -0.15) is 9.78 Å². The van der Waals surface area contributed by atoms with Crippen LogP contribution in [0.5, 0.6) is 11.5 Å². The Balaban J connectivity index is 1.36. The summed E-state index contributed by atoms with van der Waals surface area (Å²) in [6.07, 6.45) is 1.62. The number of amides is 1. The predicted octanol–water partition coefficient (Wildman–Crippen LogP) is 2.66. The number of hydrogen-bond donors (Lipinski definition) is 1. The third kappa shape index (κ3) is 5.16. The summed E-state index contributed by atoms with van der Waals surface area (Å²) in [4.78, 5) is 29.4. The zero-order chi connectivity index (χ0) is 24.1. The predicted molar refractivity (Wildman–Crippen MR) is 132 cm³/mol. The van der Waals surface area contributed by atoms with Gasteiger partial charge in [-0.1, -0.05) is 29.8 Å². The molecule has 0 bridgehead atoms. The number of piperazine rings is 1. The lowest BCUT2D eigenvalue weighted by Crippen LogP contribution is -2.49. The summed E-state index contributed by atoms with van der Waals surface area (Å²) in [5.41, 5.74) is 1.49. The van der Waals surface area contributed by atoms with E-state index in [4.69, 9.17) is 21.1 Å². The first-order valence-corrected chi connectivity index (χ1v) is 11.2. The van der Waals surface area contributed by atoms with E-state index in [1.54, 1.807) is 50.7 Å². The van der Waals surface area contributed by atoms with Crippen molar-refractivity contribution in [3.63, 3.8) is 0 Å². The van der Waals surface area contributed by atoms with Gasteiger partial charge in [0.05, 0.1) is 44.0 Å². The Hall–Kier alpha value is -3.56. The molecule has 1 fully saturated rings. The van der Waals surface area contributed by atoms with Gasteiger partial charge in [0, 0.05) is 32.2 Å². The highest BCUT2D eigenvalue weighted by Gasteiger charge is 2.23. The van der Waals surface area contributed by atoms with Gasteiger partial charge in [-0.25, -0.2) is 0 Å². The second-order valence-electron chi connectivity index (χ2n) is 7.77. The Morgan fingerprint density at radius 2 is 1.79 bits per heavy atom. The van der Waals surface area contributed by atoms with E-state index in [2.05, 4.69) is 10.4 Å². The Kier molecular flexibility index (Phi) is 7.34. The summed E-state index contributed by atoms with van der Waals surface area (Å²) < 4.78 is 11.8. The van der Waals surface area contributed by atoms with Crippen molar-refractivity contribution < 1.29 is 14.3 Å². The van der Waals surface area contributed by atoms with Crippen LogP contribution in [-0.2, 0) is 4.79 Å². The molecule has 10 heteroatoms. The summed E-state index contributed by atoms with van der Waals surface area (Å²) in [6.45, 7) is 2.77. The van der Waals surface area contributed by atoms with Crippen molar-refractivity contribution >= 4 is 28.9 Å². The van der Waals surface area contributed by atoms with Gasteiger partial charge in [0.25, 0.3) is 5.56 Å². The average molecular weight is 484 g/mol. The van der Waals surface area contributed by atoms with Gasteiger partial charge in [0.1, 0.15) is 16.5 Å². The number of halogens is 1. The van der Waals surface area contributed by atoms with Gasteiger partial charge in [-0.3, -0.25) is 14.5 Å². The molecule has 1 aliphatic rings. The SMILES string of the molecule is COc1ccc(NC(=O)CN2CCN(c3cnn(-c4ccccc4)c(=O)c3Cl)CC2)c(OC)c1. The van der Waals surface area contributed by atoms with E-state index < -0.39 is 0 Å². The molecule has 2 heterocycles. The minimum atomic E-state index is -0.361. The molecular formula is C24H26ClN5O4. The smallest absolute Gasteiger partial charge is 0.292 e. The van der Waals surface area contributed by atoms with Crippen molar-refractivity contribution in [3.8, 4) is 17.2 Å². The van der Waals surface area contributed by atoms with Crippen LogP contribution < -0.4 is 25.2 Å². The quantitative estimate of drug-likeness (QED) is 0.552. The van der Waals surface area contributed by atoms with Crippen molar-refractivity contribution in [2.24, 2.45) is 0 Å². The molecule has 0 aliphatic carbocycles. The Morgan fingerprint density at radius 1 is 1.06 bits per heavy atom. The summed E-state index contributed by atoms with van der Waals surface area (Å²) in [7, 11) is 3.12. The van der Waals surface area contributed by atoms with Crippen LogP contribution in [0.1, 0.15) is 0 Å². The summed E-state index contributed by atoms with van der Waals surface area (Å²) >= 11 is 6.43. The van der Waals surface area contributed by atoms with Crippen molar-refractivity contribution in [1.29, 1.82) is 0 Å². The molecule has 1 aliphatic heterocycles. The van der Waals surface area contributed by atoms with Crippen molar-refractivity contribution in [3.05, 3.63) is 70.1 Å². The molecule has 4 rings (SSSR count). The van der Waals surface area contributed by atoms with Crippen LogP contribution in [0.25, 0.3) is 5.69 Å². The van der Waals surface area contributed by atoms with E-state index in [1.165, 1.54) is 4.68 Å². The topological polar surface area (TPSA) is 88.9 Å². The highest BCUT2D eigenvalue weighted by Crippen LogP contribution is 2.29. The van der Waals surface area contributed by atoms with Gasteiger partial charge in [0.2, 0.25) is 5.91 Å². The maximum atomic E-state index is 12.8. The highest BCUT2D eigenvalue weighted by atomic mass is 35.5. The number of para-hydroxylation sites is 1. The minimum Gasteiger partial charge on any atom is -0.497 e. The standard InChI is InChI=1S/C24H26ClN5O4/c1-33-18-8-9-19(21(14-18)34-2)27-22(31)16-28-10-12-29(13-11-28)20-15-26-30(24(32)23(20)25)17-6-4-3-5-7-17/h3-9,14-15H,10-13,16H2,1-2H3,(H,27,31). The molecule has 178 valence electrons. The number of aromatic nitrogens is 2. The zero-order valence-electron chi connectivity index (χ0n) is 19.0. The van der Waals surface area contributed by atoms with E-state index in [0.717, 1.165) is 0 Å². The number of carbonyl (C=O) groups is 1. The molecule has 0 radical (unpaired) electrons. The fourth-order valence-corrected chi connectivity index (χ4v) is 4.09. The molecule has 1 aromatic heterocycles. The number of nitrogens with one attached hydrogen (secondary N) is 1. The molecule has 0 saturated carbocycles. The highest BCUT2D eigenvalue weighted by molar-refractivity contribution is 6.33. The van der Waals surface area contributed by atoms with Crippen LogP contribution in [0.2, 0.25) is 5.02 Å². The zero-order valence-corrected chi connectivity index (χ0v) is 19.8. The summed E-state index contributed by atoms with van der Waals surface area (Å²) in [6, 6.07) is 14.4. The largest absolute Gasteiger partial charge is 0.497 e. The molecule has 34 heavy (non-hydrogen) atoms. The lowest BCUT2D eigenvalue weighted by molar-refractivity contribution is -0.117. The second kappa shape index (κ2) is 10.6. The van der Waals surface area contributed by atoms with Crippen LogP contribution in [-0.4, -0.2) is 67.5 Å². The summed E-state index contributed by atoms with van der Waals surface area (Å²) in [5.74, 6) is 1.04. The van der Waals surface area contributed by atoms with Gasteiger partial charge in [-0.15, -0.1) is 0 Å². The van der Waals surface area contributed by atoms with Gasteiger partial charge >= 0.3 is 0 Å². The number of ether oxygens (including phenoxy) is 2. The summed E-state index contributed by atoms with van der Waals surface area (Å²) in [5, 5.41) is 7.33. The normalized spacial score (nSPS) is 14.0. The molecular weight excluding hydrogens is 458 g/mol. The molecule has 2 aromatic carbocycles. The molecule has 1 N–H and O–H groups in total. The first kappa shape index (κ1) is 23.6. The van der Waals surface area contributed by atoms with Gasteiger partial charge in [0.15, 0.2) is 0 Å². The van der Waals surface area contributed by atoms with Gasteiger partial charge < -0.3 is 19.7 Å². The van der Waals surface area contributed by atoms with Crippen molar-refractivity contribution in [2.45, 2.75) is 0 Å². The average Bonchev–Trinajstić information content (AvgIpc) is 2.87. The molecule has 1 saturated heterocycles. The Labute approximate surface area is 202 Å². The maximum absolute atomic E-state index is 12.8. The van der Waals surface area contributed by atoms with Gasteiger partial charge in [-0.05, 0) is 24.3 Å². The number of nitrogens with zero attached hydrogens (tertiary/aromatic N) is 4. The first-order valence-electron chi connectivity index (χ1n) is 10.8. The van der Waals surface area contributed by atoms with Crippen molar-refractivity contribution in [2.75, 3.05) is 57.2 Å². The third-order valence-corrected chi connectivity index (χ3v) is 6.02. The Morgan fingerprint density at radius 3 is 2.47 bits per heavy atom. The van der Waals surface area contributed by atoms with E-state index in [1.807, 2.05) is 28.0 Å². The lowest BCUT2D eigenvalue weighted by atomic mass is 10.2. The van der Waals surface area contributed by atoms with Crippen LogP contribution in [0.3, 0.4) is 0 Å². The van der Waals surface area contributed by atoms with Crippen LogP contribution in [0, 0.1) is 0 Å². The molecule has 3 aromatic rings. The van der Waals surface area contributed by atoms with Crippen LogP contribution >= 0.6 is 11.6 Å². The number of benzene rings is 2. The Bertz CT molecular complexity index is 1210. The van der Waals surface area contributed by atoms with Crippen LogP contribution in [0.4, 0.5) is 11.4 Å². The first-order chi connectivity index (χ1) is 16.5. The molecule has 1 amide bonds. The van der Waals surface area contributed by atoms with E-state index in [-0.39, 0.29) is 23.0 Å². The van der Waals surface area contributed by atoms with Crippen LogP contribution in [0.15, 0.2) is 59.5 Å². The number of anilines is 2. The number of carbonyl (C=O) groups excluding carboxylic acids is 1. The lowest BCUT2D eigenvalue weighted by Gasteiger charge is -2.35. The van der Waals surface area contributed by atoms with E-state index in [0.29, 0.717) is 54.7 Å². The molecule has 0 spiro atoms. The monoisotopic (exact) mass is 483 g/mol. The minimum absolute atomic E-state index is 0.136. The van der Waals surface area contributed by atoms with E-state index >= 15 is 0 Å². The molecule has 0 atom stereocenters.